The Balaban J connectivity index is 2.41. The number of anilines is 1. The first-order valence-corrected chi connectivity index (χ1v) is 4.17. The zero-order valence-corrected chi connectivity index (χ0v) is 7.64. The summed E-state index contributed by atoms with van der Waals surface area (Å²) in [6, 6.07) is 3.14. The van der Waals surface area contributed by atoms with Crippen molar-refractivity contribution < 1.29 is 9.90 Å². The summed E-state index contributed by atoms with van der Waals surface area (Å²) in [4.78, 5) is 21.1. The lowest BCUT2D eigenvalue weighted by atomic mass is 10.2. The molecule has 15 heavy (non-hydrogen) atoms. The van der Waals surface area contributed by atoms with Crippen LogP contribution in [0.1, 0.15) is 10.4 Å². The number of aromatic amines is 1. The maximum absolute atomic E-state index is 10.6. The third kappa shape index (κ3) is 1.78. The summed E-state index contributed by atoms with van der Waals surface area (Å²) >= 11 is 0. The number of nitrogens with one attached hydrogen (secondary N) is 1. The van der Waals surface area contributed by atoms with Gasteiger partial charge in [-0.1, -0.05) is 0 Å². The highest BCUT2D eigenvalue weighted by Gasteiger charge is 2.08. The van der Waals surface area contributed by atoms with Crippen molar-refractivity contribution in [2.75, 3.05) is 5.73 Å². The predicted molar refractivity (Wildman–Crippen MR) is 53.2 cm³/mol. The molecule has 2 rings (SSSR count). The van der Waals surface area contributed by atoms with Crippen molar-refractivity contribution in [1.82, 2.24) is 15.0 Å². The summed E-state index contributed by atoms with van der Waals surface area (Å²) in [5, 5.41) is 8.72. The van der Waals surface area contributed by atoms with Gasteiger partial charge in [0.1, 0.15) is 0 Å². The van der Waals surface area contributed by atoms with Crippen molar-refractivity contribution in [2.45, 2.75) is 0 Å². The fraction of sp³-hybridized carbons (Fsp3) is 0. The van der Waals surface area contributed by atoms with Crippen LogP contribution in [0.4, 0.5) is 5.95 Å². The number of H-pyrrole nitrogens is 1. The molecule has 0 amide bonds. The molecule has 76 valence electrons. The monoisotopic (exact) mass is 204 g/mol. The van der Waals surface area contributed by atoms with E-state index in [2.05, 4.69) is 15.0 Å². The lowest BCUT2D eigenvalue weighted by Gasteiger charge is -1.96. The fourth-order valence-electron chi connectivity index (χ4n) is 1.19. The lowest BCUT2D eigenvalue weighted by molar-refractivity contribution is 0.0697. The Morgan fingerprint density at radius 2 is 2.33 bits per heavy atom. The van der Waals surface area contributed by atoms with Crippen LogP contribution in [0, 0.1) is 0 Å². The van der Waals surface area contributed by atoms with Crippen molar-refractivity contribution in [3.8, 4) is 11.4 Å². The molecule has 2 aromatic rings. The molecule has 0 fully saturated rings. The number of nitrogens with two attached hydrogens (primary N) is 1. The molecule has 0 aliphatic rings. The van der Waals surface area contributed by atoms with Crippen LogP contribution in [0.2, 0.25) is 0 Å². The Labute approximate surface area is 84.8 Å². The van der Waals surface area contributed by atoms with Crippen LogP contribution in [0.25, 0.3) is 11.4 Å². The van der Waals surface area contributed by atoms with Gasteiger partial charge in [0.15, 0.2) is 0 Å². The number of nitrogen functional groups attached to an aromatic ring is 1. The molecule has 0 bridgehead atoms. The van der Waals surface area contributed by atoms with Gasteiger partial charge in [0.2, 0.25) is 5.95 Å². The lowest BCUT2D eigenvalue weighted by Crippen LogP contribution is -1.95. The number of aromatic carboxylic acids is 1. The van der Waals surface area contributed by atoms with E-state index in [0.29, 0.717) is 11.4 Å². The number of aromatic nitrogens is 3. The number of carboxylic acids is 1. The second-order valence-electron chi connectivity index (χ2n) is 2.91. The minimum atomic E-state index is -0.987. The van der Waals surface area contributed by atoms with Gasteiger partial charge in [-0.25, -0.2) is 14.8 Å². The average Bonchev–Trinajstić information content (AvgIpc) is 2.66. The molecular weight excluding hydrogens is 196 g/mol. The first-order valence-electron chi connectivity index (χ1n) is 4.17. The highest BCUT2D eigenvalue weighted by molar-refractivity contribution is 5.88. The van der Waals surface area contributed by atoms with Crippen LogP contribution >= 0.6 is 0 Å². The number of nitrogens with zero attached hydrogens (tertiary/aromatic N) is 2. The molecule has 0 spiro atoms. The normalized spacial score (nSPS) is 10.1. The summed E-state index contributed by atoms with van der Waals surface area (Å²) in [5.41, 5.74) is 6.76. The summed E-state index contributed by atoms with van der Waals surface area (Å²) < 4.78 is 0. The van der Waals surface area contributed by atoms with E-state index >= 15 is 0 Å². The molecule has 0 saturated carbocycles. The van der Waals surface area contributed by atoms with Crippen molar-refractivity contribution >= 4 is 11.9 Å². The van der Waals surface area contributed by atoms with Gasteiger partial charge >= 0.3 is 5.97 Å². The molecule has 0 aromatic carbocycles. The topological polar surface area (TPSA) is 105 Å². The predicted octanol–water partition coefficient (Wildman–Crippen LogP) is 0.752. The third-order valence-electron chi connectivity index (χ3n) is 1.88. The molecule has 0 unspecified atom stereocenters. The van der Waals surface area contributed by atoms with Gasteiger partial charge in [-0.2, -0.15) is 0 Å². The molecule has 0 aliphatic heterocycles. The molecule has 4 N–H and O–H groups in total. The maximum Gasteiger partial charge on any atom is 0.337 e. The summed E-state index contributed by atoms with van der Waals surface area (Å²) in [6.07, 6.45) is 2.91. The summed E-state index contributed by atoms with van der Waals surface area (Å²) in [5.74, 6) is -0.835. The van der Waals surface area contributed by atoms with E-state index in [1.807, 2.05) is 0 Å². The quantitative estimate of drug-likeness (QED) is 0.669. The van der Waals surface area contributed by atoms with Crippen LogP contribution in [0.5, 0.6) is 0 Å². The second-order valence-corrected chi connectivity index (χ2v) is 2.91. The van der Waals surface area contributed by atoms with Gasteiger partial charge in [-0.05, 0) is 12.1 Å². The van der Waals surface area contributed by atoms with Crippen LogP contribution < -0.4 is 5.73 Å². The molecule has 6 nitrogen and oxygen atoms in total. The van der Waals surface area contributed by atoms with Gasteiger partial charge in [0.25, 0.3) is 0 Å². The van der Waals surface area contributed by atoms with E-state index in [1.54, 1.807) is 6.07 Å². The Bertz CT molecular complexity index is 506. The summed E-state index contributed by atoms with van der Waals surface area (Å²) in [7, 11) is 0. The van der Waals surface area contributed by atoms with Gasteiger partial charge in [0, 0.05) is 12.4 Å². The van der Waals surface area contributed by atoms with Crippen LogP contribution in [-0.4, -0.2) is 26.0 Å². The number of carboxylic acid groups (broad SMARTS) is 1. The van der Waals surface area contributed by atoms with E-state index in [0.717, 1.165) is 0 Å². The zero-order chi connectivity index (χ0) is 10.8. The molecule has 0 saturated heterocycles. The standard InChI is InChI=1S/C9H8N4O2/c10-9-11-2-1-6(13-9)7-3-5(4-12-7)8(14)15/h1-4,12H,(H,14,15)(H2,10,11,13). The molecule has 0 aliphatic carbocycles. The second kappa shape index (κ2) is 3.41. The zero-order valence-electron chi connectivity index (χ0n) is 7.64. The smallest absolute Gasteiger partial charge is 0.337 e. The molecule has 2 heterocycles. The third-order valence-corrected chi connectivity index (χ3v) is 1.88. The van der Waals surface area contributed by atoms with E-state index in [1.165, 1.54) is 18.5 Å². The van der Waals surface area contributed by atoms with E-state index in [4.69, 9.17) is 10.8 Å². The maximum atomic E-state index is 10.6. The average molecular weight is 204 g/mol. The Morgan fingerprint density at radius 3 is 2.93 bits per heavy atom. The Morgan fingerprint density at radius 1 is 1.53 bits per heavy atom. The van der Waals surface area contributed by atoms with Crippen molar-refractivity contribution in [2.24, 2.45) is 0 Å². The number of hydrogen-bond donors (Lipinski definition) is 3. The molecular formula is C9H8N4O2. The Hall–Kier alpha value is -2.37. The van der Waals surface area contributed by atoms with Gasteiger partial charge in [0.05, 0.1) is 17.0 Å². The first kappa shape index (κ1) is 9.20. The van der Waals surface area contributed by atoms with Crippen molar-refractivity contribution in [3.05, 3.63) is 30.1 Å². The fourth-order valence-corrected chi connectivity index (χ4v) is 1.19. The summed E-state index contributed by atoms with van der Waals surface area (Å²) in [6.45, 7) is 0. The van der Waals surface area contributed by atoms with Gasteiger partial charge in [-0.15, -0.1) is 0 Å². The highest BCUT2D eigenvalue weighted by atomic mass is 16.4. The largest absolute Gasteiger partial charge is 0.478 e. The number of carbonyl (C=O) groups is 1. The molecule has 6 heteroatoms. The number of rotatable bonds is 2. The van der Waals surface area contributed by atoms with E-state index in [9.17, 15) is 4.79 Å². The minimum absolute atomic E-state index is 0.152. The van der Waals surface area contributed by atoms with Gasteiger partial charge < -0.3 is 15.8 Å². The Kier molecular flexibility index (Phi) is 2.09. The number of hydrogen-bond acceptors (Lipinski definition) is 4. The minimum Gasteiger partial charge on any atom is -0.478 e. The van der Waals surface area contributed by atoms with Crippen LogP contribution in [0.15, 0.2) is 24.5 Å². The highest BCUT2D eigenvalue weighted by Crippen LogP contribution is 2.16. The SMILES string of the molecule is Nc1nccc(-c2cc(C(=O)O)c[nH]2)n1. The van der Waals surface area contributed by atoms with Crippen LogP contribution in [-0.2, 0) is 0 Å². The van der Waals surface area contributed by atoms with Crippen molar-refractivity contribution in [1.29, 1.82) is 0 Å². The van der Waals surface area contributed by atoms with E-state index < -0.39 is 5.97 Å². The van der Waals surface area contributed by atoms with Gasteiger partial charge in [-0.3, -0.25) is 0 Å². The van der Waals surface area contributed by atoms with Crippen molar-refractivity contribution in [3.63, 3.8) is 0 Å². The van der Waals surface area contributed by atoms with Crippen LogP contribution in [0.3, 0.4) is 0 Å². The first-order chi connectivity index (χ1) is 7.16. The molecule has 0 atom stereocenters. The van der Waals surface area contributed by atoms with E-state index in [-0.39, 0.29) is 11.5 Å². The molecule has 0 radical (unpaired) electrons. The molecule has 2 aromatic heterocycles.